The van der Waals surface area contributed by atoms with Crippen LogP contribution in [0.15, 0.2) is 36.4 Å². The fraction of sp³-hybridized carbons (Fsp3) is 0.250. The van der Waals surface area contributed by atoms with Gasteiger partial charge in [-0.15, -0.1) is 0 Å². The van der Waals surface area contributed by atoms with E-state index in [9.17, 15) is 9.90 Å². The van der Waals surface area contributed by atoms with Gasteiger partial charge in [0.15, 0.2) is 0 Å². The highest BCUT2D eigenvalue weighted by Gasteiger charge is 2.15. The first-order valence-corrected chi connectivity index (χ1v) is 6.41. The van der Waals surface area contributed by atoms with E-state index in [0.29, 0.717) is 5.69 Å². The van der Waals surface area contributed by atoms with Crippen molar-refractivity contribution in [1.82, 2.24) is 4.98 Å². The largest absolute Gasteiger partial charge is 0.497 e. The molecule has 0 bridgehead atoms. The van der Waals surface area contributed by atoms with Gasteiger partial charge in [-0.25, -0.2) is 4.79 Å². The van der Waals surface area contributed by atoms with E-state index in [2.05, 4.69) is 4.98 Å². The number of hydrogen-bond donors (Lipinski definition) is 1. The van der Waals surface area contributed by atoms with E-state index in [1.165, 1.54) is 0 Å². The zero-order valence-electron chi connectivity index (χ0n) is 11.8. The minimum atomic E-state index is -0.942. The lowest BCUT2D eigenvalue weighted by molar-refractivity contribution is 0.0694. The Hall–Kier alpha value is -2.36. The van der Waals surface area contributed by atoms with Crippen molar-refractivity contribution in [3.8, 4) is 17.0 Å². The van der Waals surface area contributed by atoms with E-state index in [0.717, 1.165) is 17.0 Å². The number of nitrogens with zero attached hydrogens (tertiary/aromatic N) is 1. The van der Waals surface area contributed by atoms with Crippen molar-refractivity contribution in [2.24, 2.45) is 0 Å². The molecule has 1 aromatic carbocycles. The lowest BCUT2D eigenvalue weighted by Crippen LogP contribution is -2.07. The number of aromatic carboxylic acids is 1. The van der Waals surface area contributed by atoms with Crippen LogP contribution in [-0.4, -0.2) is 23.2 Å². The molecule has 0 aliphatic carbocycles. The molecule has 0 amide bonds. The van der Waals surface area contributed by atoms with Gasteiger partial charge in [0.2, 0.25) is 0 Å². The Morgan fingerprint density at radius 2 is 1.80 bits per heavy atom. The Morgan fingerprint density at radius 3 is 2.30 bits per heavy atom. The summed E-state index contributed by atoms with van der Waals surface area (Å²) in [5.41, 5.74) is 2.56. The third-order valence-corrected chi connectivity index (χ3v) is 3.09. The minimum Gasteiger partial charge on any atom is -0.497 e. The molecule has 0 aliphatic heterocycles. The minimum absolute atomic E-state index is 0.0549. The number of ether oxygens (including phenoxy) is 1. The first kappa shape index (κ1) is 14.1. The molecule has 1 heterocycles. The van der Waals surface area contributed by atoms with Crippen molar-refractivity contribution in [3.63, 3.8) is 0 Å². The summed E-state index contributed by atoms with van der Waals surface area (Å²) in [6.07, 6.45) is 0. The topological polar surface area (TPSA) is 59.4 Å². The lowest BCUT2D eigenvalue weighted by Gasteiger charge is -2.11. The maximum Gasteiger partial charge on any atom is 0.337 e. The van der Waals surface area contributed by atoms with Gasteiger partial charge in [0, 0.05) is 5.56 Å². The number of hydrogen-bond acceptors (Lipinski definition) is 3. The summed E-state index contributed by atoms with van der Waals surface area (Å²) in [7, 11) is 1.62. The molecule has 0 radical (unpaired) electrons. The highest BCUT2D eigenvalue weighted by molar-refractivity contribution is 5.89. The molecule has 2 rings (SSSR count). The number of carbonyl (C=O) groups is 1. The number of benzene rings is 1. The standard InChI is InChI=1S/C16H17NO3/c1-10(2)15-13(16(18)19)8-9-14(17-15)11-4-6-12(20-3)7-5-11/h4-10H,1-3H3,(H,18,19). The zero-order valence-corrected chi connectivity index (χ0v) is 11.8. The molecule has 0 unspecified atom stereocenters. The number of methoxy groups -OCH3 is 1. The predicted octanol–water partition coefficient (Wildman–Crippen LogP) is 3.58. The number of carboxylic acid groups (broad SMARTS) is 1. The normalized spacial score (nSPS) is 10.6. The molecule has 4 heteroatoms. The van der Waals surface area contributed by atoms with Gasteiger partial charge in [0.05, 0.1) is 24.1 Å². The van der Waals surface area contributed by atoms with Gasteiger partial charge in [-0.05, 0) is 42.3 Å². The van der Waals surface area contributed by atoms with Crippen LogP contribution in [0.25, 0.3) is 11.3 Å². The molecule has 2 aromatic rings. The molecular formula is C16H17NO3. The van der Waals surface area contributed by atoms with Crippen molar-refractivity contribution in [2.75, 3.05) is 7.11 Å². The Kier molecular flexibility index (Phi) is 4.03. The zero-order chi connectivity index (χ0) is 14.7. The average molecular weight is 271 g/mol. The number of rotatable bonds is 4. The predicted molar refractivity (Wildman–Crippen MR) is 77.3 cm³/mol. The molecule has 0 spiro atoms. The molecule has 104 valence electrons. The van der Waals surface area contributed by atoms with Crippen molar-refractivity contribution in [3.05, 3.63) is 47.7 Å². The molecule has 1 aromatic heterocycles. The Balaban J connectivity index is 2.47. The van der Waals surface area contributed by atoms with Crippen LogP contribution in [0.5, 0.6) is 5.75 Å². The van der Waals surface area contributed by atoms with Crippen molar-refractivity contribution < 1.29 is 14.6 Å². The highest BCUT2D eigenvalue weighted by Crippen LogP contribution is 2.25. The quantitative estimate of drug-likeness (QED) is 0.923. The van der Waals surface area contributed by atoms with Gasteiger partial charge in [-0.2, -0.15) is 0 Å². The van der Waals surface area contributed by atoms with Gasteiger partial charge in [-0.1, -0.05) is 13.8 Å². The van der Waals surface area contributed by atoms with E-state index in [-0.39, 0.29) is 11.5 Å². The first-order chi connectivity index (χ1) is 9.52. The van der Waals surface area contributed by atoms with Gasteiger partial charge in [-0.3, -0.25) is 4.98 Å². The SMILES string of the molecule is COc1ccc(-c2ccc(C(=O)O)c(C(C)C)n2)cc1. The number of pyridine rings is 1. The third-order valence-electron chi connectivity index (χ3n) is 3.09. The first-order valence-electron chi connectivity index (χ1n) is 6.41. The Labute approximate surface area is 118 Å². The molecule has 0 aliphatic rings. The van der Waals surface area contributed by atoms with Crippen LogP contribution in [-0.2, 0) is 0 Å². The Morgan fingerprint density at radius 1 is 1.15 bits per heavy atom. The van der Waals surface area contributed by atoms with Gasteiger partial charge >= 0.3 is 5.97 Å². The fourth-order valence-corrected chi connectivity index (χ4v) is 2.02. The van der Waals surface area contributed by atoms with Crippen molar-refractivity contribution in [2.45, 2.75) is 19.8 Å². The maximum atomic E-state index is 11.2. The van der Waals surface area contributed by atoms with Gasteiger partial charge in [0.1, 0.15) is 5.75 Å². The summed E-state index contributed by atoms with van der Waals surface area (Å²) in [4.78, 5) is 15.7. The molecular weight excluding hydrogens is 254 g/mol. The van der Waals surface area contributed by atoms with Crippen molar-refractivity contribution >= 4 is 5.97 Å². The van der Waals surface area contributed by atoms with E-state index < -0.39 is 5.97 Å². The molecule has 20 heavy (non-hydrogen) atoms. The summed E-state index contributed by atoms with van der Waals surface area (Å²) in [6, 6.07) is 10.9. The second kappa shape index (κ2) is 5.74. The number of carboxylic acids is 1. The van der Waals surface area contributed by atoms with Crippen LogP contribution in [0.2, 0.25) is 0 Å². The molecule has 4 nitrogen and oxygen atoms in total. The van der Waals surface area contributed by atoms with Gasteiger partial charge < -0.3 is 9.84 Å². The number of aromatic nitrogens is 1. The summed E-state index contributed by atoms with van der Waals surface area (Å²) < 4.78 is 5.12. The van der Waals surface area contributed by atoms with Crippen LogP contribution in [0.3, 0.4) is 0 Å². The summed E-state index contributed by atoms with van der Waals surface area (Å²) in [5.74, 6) is -0.109. The van der Waals surface area contributed by atoms with Crippen LogP contribution in [0, 0.1) is 0 Å². The maximum absolute atomic E-state index is 11.2. The van der Waals surface area contributed by atoms with Crippen LogP contribution in [0.4, 0.5) is 0 Å². The van der Waals surface area contributed by atoms with Crippen LogP contribution < -0.4 is 4.74 Å². The van der Waals surface area contributed by atoms with E-state index in [4.69, 9.17) is 4.74 Å². The summed E-state index contributed by atoms with van der Waals surface area (Å²) in [6.45, 7) is 3.87. The molecule has 0 saturated heterocycles. The molecule has 0 atom stereocenters. The average Bonchev–Trinajstić information content (AvgIpc) is 2.46. The van der Waals surface area contributed by atoms with Crippen LogP contribution >= 0.6 is 0 Å². The van der Waals surface area contributed by atoms with Crippen molar-refractivity contribution in [1.29, 1.82) is 0 Å². The van der Waals surface area contributed by atoms with Gasteiger partial charge in [0.25, 0.3) is 0 Å². The van der Waals surface area contributed by atoms with E-state index in [1.54, 1.807) is 19.2 Å². The second-order valence-electron chi connectivity index (χ2n) is 4.82. The third kappa shape index (κ3) is 2.79. The fourth-order valence-electron chi connectivity index (χ4n) is 2.02. The highest BCUT2D eigenvalue weighted by atomic mass is 16.5. The van der Waals surface area contributed by atoms with Crippen LogP contribution in [0.1, 0.15) is 35.8 Å². The smallest absolute Gasteiger partial charge is 0.337 e. The van der Waals surface area contributed by atoms with E-state index >= 15 is 0 Å². The molecule has 0 fully saturated rings. The summed E-state index contributed by atoms with van der Waals surface area (Å²) >= 11 is 0. The van der Waals surface area contributed by atoms with E-state index in [1.807, 2.05) is 38.1 Å². The second-order valence-corrected chi connectivity index (χ2v) is 4.82. The molecule has 0 saturated carbocycles. The Bertz CT molecular complexity index is 618. The monoisotopic (exact) mass is 271 g/mol. The molecule has 1 N–H and O–H groups in total. The lowest BCUT2D eigenvalue weighted by atomic mass is 10.0. The summed E-state index contributed by atoms with van der Waals surface area (Å²) in [5, 5.41) is 9.19.